The first-order valence-corrected chi connectivity index (χ1v) is 11.4. The maximum atomic E-state index is 13.0. The van der Waals surface area contributed by atoms with Crippen molar-refractivity contribution in [3.63, 3.8) is 0 Å². The Kier molecular flexibility index (Phi) is 6.74. The zero-order chi connectivity index (χ0) is 22.8. The number of rotatable bonds is 8. The third kappa shape index (κ3) is 4.36. The van der Waals surface area contributed by atoms with E-state index in [0.717, 1.165) is 24.2 Å². The summed E-state index contributed by atoms with van der Waals surface area (Å²) in [6.45, 7) is 3.97. The van der Waals surface area contributed by atoms with Crippen LogP contribution in [0.2, 0.25) is 0 Å². The summed E-state index contributed by atoms with van der Waals surface area (Å²) >= 11 is 0. The van der Waals surface area contributed by atoms with Gasteiger partial charge >= 0.3 is 5.97 Å². The molecule has 0 unspecified atom stereocenters. The van der Waals surface area contributed by atoms with Crippen molar-refractivity contribution in [2.45, 2.75) is 56.3 Å². The lowest BCUT2D eigenvalue weighted by molar-refractivity contribution is -0.181. The number of carboxylic acid groups (broad SMARTS) is 1. The van der Waals surface area contributed by atoms with Crippen molar-refractivity contribution in [3.8, 4) is 5.75 Å². The van der Waals surface area contributed by atoms with Gasteiger partial charge in [0.05, 0.1) is 31.5 Å². The van der Waals surface area contributed by atoms with Gasteiger partial charge in [-0.3, -0.25) is 9.59 Å². The van der Waals surface area contributed by atoms with Crippen LogP contribution in [-0.2, 0) is 23.8 Å². The number of amides is 1. The van der Waals surface area contributed by atoms with Gasteiger partial charge in [0.1, 0.15) is 18.0 Å². The van der Waals surface area contributed by atoms with Crippen molar-refractivity contribution < 1.29 is 33.6 Å². The standard InChI is InChI=1S/C24H33NO7/c1-23(10-8-21(27)28)18-14-24(9-5-11-25(24)20(26)15-30-13-12-29-2)16-31-22(18)17-6-3-4-7-19(17)32-23/h3-4,6-7,18,22H,5,8-16H2,1-2H3,(H,27,28)/t18-,22+,23+,24+/m1/s1. The molecule has 1 aromatic rings. The Morgan fingerprint density at radius 2 is 2.09 bits per heavy atom. The molecule has 32 heavy (non-hydrogen) atoms. The maximum absolute atomic E-state index is 13.0. The predicted octanol–water partition coefficient (Wildman–Crippen LogP) is 2.80. The van der Waals surface area contributed by atoms with Gasteiger partial charge in [-0.15, -0.1) is 0 Å². The molecule has 0 saturated carbocycles. The number of carbonyl (C=O) groups excluding carboxylic acids is 1. The monoisotopic (exact) mass is 447 g/mol. The highest BCUT2D eigenvalue weighted by Crippen LogP contribution is 2.55. The van der Waals surface area contributed by atoms with Crippen LogP contribution in [-0.4, -0.2) is 73.1 Å². The number of carbonyl (C=O) groups is 2. The van der Waals surface area contributed by atoms with E-state index in [9.17, 15) is 14.7 Å². The molecule has 1 spiro atoms. The number of ether oxygens (including phenoxy) is 4. The number of carboxylic acids is 1. The van der Waals surface area contributed by atoms with E-state index in [0.29, 0.717) is 39.2 Å². The smallest absolute Gasteiger partial charge is 0.303 e. The minimum absolute atomic E-state index is 0.0187. The number of aliphatic carboxylic acids is 1. The van der Waals surface area contributed by atoms with E-state index < -0.39 is 17.1 Å². The van der Waals surface area contributed by atoms with Crippen LogP contribution in [0.25, 0.3) is 0 Å². The summed E-state index contributed by atoms with van der Waals surface area (Å²) in [7, 11) is 1.60. The average Bonchev–Trinajstić information content (AvgIpc) is 3.18. The number of nitrogens with zero attached hydrogens (tertiary/aromatic N) is 1. The van der Waals surface area contributed by atoms with Gasteiger partial charge in [-0.25, -0.2) is 0 Å². The van der Waals surface area contributed by atoms with Crippen LogP contribution < -0.4 is 4.74 Å². The molecule has 8 heteroatoms. The summed E-state index contributed by atoms with van der Waals surface area (Å²) in [5.41, 5.74) is -0.112. The lowest BCUT2D eigenvalue weighted by Gasteiger charge is -2.54. The molecule has 1 N–H and O–H groups in total. The molecule has 3 aliphatic heterocycles. The SMILES string of the molecule is COCCOCC(=O)N1CCC[C@]12CO[C@H]1c3ccccc3O[C@@](C)(CCC(=O)O)[C@@H]1C2. The minimum Gasteiger partial charge on any atom is -0.487 e. The van der Waals surface area contributed by atoms with Crippen LogP contribution in [0, 0.1) is 5.92 Å². The van der Waals surface area contributed by atoms with Gasteiger partial charge in [0.2, 0.25) is 5.91 Å². The van der Waals surface area contributed by atoms with Crippen LogP contribution in [0.3, 0.4) is 0 Å². The molecule has 0 aliphatic carbocycles. The number of fused-ring (bicyclic) bond motifs is 3. The highest BCUT2D eigenvalue weighted by atomic mass is 16.5. The molecule has 8 nitrogen and oxygen atoms in total. The van der Waals surface area contributed by atoms with E-state index in [1.165, 1.54) is 0 Å². The van der Waals surface area contributed by atoms with Crippen LogP contribution in [0.5, 0.6) is 5.75 Å². The lowest BCUT2D eigenvalue weighted by Crippen LogP contribution is -2.61. The molecular formula is C24H33NO7. The van der Waals surface area contributed by atoms with Crippen molar-refractivity contribution in [1.82, 2.24) is 4.90 Å². The maximum Gasteiger partial charge on any atom is 0.303 e. The number of hydrogen-bond donors (Lipinski definition) is 1. The highest BCUT2D eigenvalue weighted by molar-refractivity contribution is 5.78. The van der Waals surface area contributed by atoms with Gasteiger partial charge < -0.3 is 29.0 Å². The molecule has 1 aromatic carbocycles. The first-order chi connectivity index (χ1) is 15.4. The summed E-state index contributed by atoms with van der Waals surface area (Å²) in [6, 6.07) is 7.82. The second-order valence-corrected chi connectivity index (χ2v) is 9.31. The number of hydrogen-bond acceptors (Lipinski definition) is 6. The summed E-state index contributed by atoms with van der Waals surface area (Å²) < 4.78 is 23.4. The van der Waals surface area contributed by atoms with Gasteiger partial charge in [-0.1, -0.05) is 18.2 Å². The van der Waals surface area contributed by atoms with E-state index in [2.05, 4.69) is 0 Å². The molecule has 0 aromatic heterocycles. The molecule has 2 fully saturated rings. The molecule has 176 valence electrons. The fourth-order valence-corrected chi connectivity index (χ4v) is 5.58. The van der Waals surface area contributed by atoms with Gasteiger partial charge in [0, 0.05) is 31.6 Å². The number of methoxy groups -OCH3 is 1. The molecule has 4 atom stereocenters. The zero-order valence-electron chi connectivity index (χ0n) is 18.9. The van der Waals surface area contributed by atoms with Crippen molar-refractivity contribution in [2.24, 2.45) is 5.92 Å². The number of likely N-dealkylation sites (tertiary alicyclic amines) is 1. The van der Waals surface area contributed by atoms with Crippen LogP contribution >= 0.6 is 0 Å². The molecule has 2 saturated heterocycles. The van der Waals surface area contributed by atoms with E-state index in [1.54, 1.807) is 7.11 Å². The first kappa shape index (κ1) is 23.0. The normalized spacial score (nSPS) is 31.1. The topological polar surface area (TPSA) is 94.5 Å². The van der Waals surface area contributed by atoms with Gasteiger partial charge in [0.25, 0.3) is 0 Å². The second kappa shape index (κ2) is 9.37. The van der Waals surface area contributed by atoms with Crippen molar-refractivity contribution in [1.29, 1.82) is 0 Å². The Morgan fingerprint density at radius 1 is 1.28 bits per heavy atom. The van der Waals surface area contributed by atoms with Gasteiger partial charge in [0.15, 0.2) is 0 Å². The summed E-state index contributed by atoms with van der Waals surface area (Å²) in [4.78, 5) is 26.3. The zero-order valence-corrected chi connectivity index (χ0v) is 18.9. The Balaban J connectivity index is 1.57. The van der Waals surface area contributed by atoms with E-state index in [-0.39, 0.29) is 31.0 Å². The highest BCUT2D eigenvalue weighted by Gasteiger charge is 2.57. The van der Waals surface area contributed by atoms with Gasteiger partial charge in [-0.05, 0) is 38.7 Å². The number of benzene rings is 1. The lowest BCUT2D eigenvalue weighted by atomic mass is 9.68. The summed E-state index contributed by atoms with van der Waals surface area (Å²) in [5, 5.41) is 9.33. The van der Waals surface area contributed by atoms with Crippen LogP contribution in [0.4, 0.5) is 0 Å². The minimum atomic E-state index is -0.845. The van der Waals surface area contributed by atoms with E-state index in [4.69, 9.17) is 18.9 Å². The molecule has 0 radical (unpaired) electrons. The van der Waals surface area contributed by atoms with Gasteiger partial charge in [-0.2, -0.15) is 0 Å². The predicted molar refractivity (Wildman–Crippen MR) is 116 cm³/mol. The average molecular weight is 448 g/mol. The Bertz CT molecular complexity index is 845. The fraction of sp³-hybridized carbons (Fsp3) is 0.667. The number of para-hydroxylation sites is 1. The Hall–Kier alpha value is -2.16. The fourth-order valence-electron chi connectivity index (χ4n) is 5.58. The summed E-state index contributed by atoms with van der Waals surface area (Å²) in [6.07, 6.45) is 2.70. The third-order valence-corrected chi connectivity index (χ3v) is 7.24. The van der Waals surface area contributed by atoms with E-state index in [1.807, 2.05) is 36.1 Å². The Morgan fingerprint density at radius 3 is 2.88 bits per heavy atom. The molecule has 3 heterocycles. The van der Waals surface area contributed by atoms with Crippen molar-refractivity contribution in [3.05, 3.63) is 29.8 Å². The molecular weight excluding hydrogens is 414 g/mol. The second-order valence-electron chi connectivity index (χ2n) is 9.31. The molecule has 3 aliphatic rings. The first-order valence-electron chi connectivity index (χ1n) is 11.4. The third-order valence-electron chi connectivity index (χ3n) is 7.24. The van der Waals surface area contributed by atoms with Crippen molar-refractivity contribution in [2.75, 3.05) is 40.1 Å². The summed E-state index contributed by atoms with van der Waals surface area (Å²) in [5.74, 6) is -0.190. The van der Waals surface area contributed by atoms with E-state index >= 15 is 0 Å². The van der Waals surface area contributed by atoms with Crippen molar-refractivity contribution >= 4 is 11.9 Å². The molecule has 4 rings (SSSR count). The molecule has 1 amide bonds. The Labute approximate surface area is 188 Å². The van der Waals surface area contributed by atoms with Crippen LogP contribution in [0.15, 0.2) is 24.3 Å². The molecule has 0 bridgehead atoms. The largest absolute Gasteiger partial charge is 0.487 e. The quantitative estimate of drug-likeness (QED) is 0.613. The van der Waals surface area contributed by atoms with Crippen LogP contribution in [0.1, 0.15) is 50.7 Å².